The molecule has 2 amide bonds. The molecule has 242 valence electrons. The van der Waals surface area contributed by atoms with E-state index in [4.69, 9.17) is 4.98 Å². The highest BCUT2D eigenvalue weighted by molar-refractivity contribution is 7.09. The Labute approximate surface area is 277 Å². The Hall–Kier alpha value is -4.17. The topological polar surface area (TPSA) is 77.0 Å². The van der Waals surface area contributed by atoms with Crippen molar-refractivity contribution in [1.82, 2.24) is 9.88 Å². The molecule has 46 heavy (non-hydrogen) atoms. The number of rotatable bonds is 14. The fraction of sp³-hybridized carbons (Fsp3) is 0.395. The number of carboxylic acid groups (broad SMARTS) is 1. The van der Waals surface area contributed by atoms with Crippen molar-refractivity contribution in [3.05, 3.63) is 99.9 Å². The van der Waals surface area contributed by atoms with Crippen molar-refractivity contribution in [3.63, 3.8) is 0 Å². The van der Waals surface area contributed by atoms with E-state index in [0.717, 1.165) is 35.5 Å². The molecule has 1 N–H and O–H groups in total. The highest BCUT2D eigenvalue weighted by Gasteiger charge is 2.30. The van der Waals surface area contributed by atoms with Crippen molar-refractivity contribution in [2.75, 3.05) is 22.9 Å². The lowest BCUT2D eigenvalue weighted by atomic mass is 9.90. The van der Waals surface area contributed by atoms with Crippen LogP contribution < -0.4 is 9.80 Å². The molecule has 5 rings (SSSR count). The van der Waals surface area contributed by atoms with Gasteiger partial charge in [-0.25, -0.2) is 9.78 Å². The molecule has 0 fully saturated rings. The van der Waals surface area contributed by atoms with Gasteiger partial charge >= 0.3 is 12.0 Å². The van der Waals surface area contributed by atoms with E-state index in [1.165, 1.54) is 58.7 Å². The molecule has 0 saturated carbocycles. The summed E-state index contributed by atoms with van der Waals surface area (Å²) >= 11 is 1.45. The van der Waals surface area contributed by atoms with Gasteiger partial charge in [0.25, 0.3) is 0 Å². The number of amides is 2. The second-order valence-corrected chi connectivity index (χ2v) is 13.4. The van der Waals surface area contributed by atoms with Crippen molar-refractivity contribution in [1.29, 1.82) is 0 Å². The third-order valence-electron chi connectivity index (χ3n) is 8.79. The van der Waals surface area contributed by atoms with Gasteiger partial charge in [-0.3, -0.25) is 9.69 Å². The van der Waals surface area contributed by atoms with E-state index in [1.54, 1.807) is 4.90 Å². The van der Waals surface area contributed by atoms with E-state index in [9.17, 15) is 14.7 Å². The Bertz CT molecular complexity index is 1590. The molecule has 0 spiro atoms. The van der Waals surface area contributed by atoms with Gasteiger partial charge in [0.05, 0.1) is 12.2 Å². The van der Waals surface area contributed by atoms with Crippen molar-refractivity contribution in [3.8, 4) is 11.3 Å². The van der Waals surface area contributed by atoms with Crippen LogP contribution in [0.25, 0.3) is 11.3 Å². The zero-order chi connectivity index (χ0) is 32.6. The van der Waals surface area contributed by atoms with Gasteiger partial charge in [0, 0.05) is 41.4 Å². The van der Waals surface area contributed by atoms with Crippen molar-refractivity contribution < 1.29 is 14.7 Å². The average molecular weight is 639 g/mol. The maximum atomic E-state index is 13.5. The molecule has 0 radical (unpaired) electrons. The number of benzene rings is 3. The number of hydrogen-bond donors (Lipinski definition) is 1. The van der Waals surface area contributed by atoms with Gasteiger partial charge in [0.2, 0.25) is 0 Å². The molecular weight excluding hydrogens is 593 g/mol. The Morgan fingerprint density at radius 2 is 1.63 bits per heavy atom. The fourth-order valence-electron chi connectivity index (χ4n) is 6.40. The zero-order valence-electron chi connectivity index (χ0n) is 27.5. The molecule has 1 aliphatic heterocycles. The molecule has 3 aromatic carbocycles. The molecule has 7 nitrogen and oxygen atoms in total. The van der Waals surface area contributed by atoms with Gasteiger partial charge < -0.3 is 14.9 Å². The molecule has 2 heterocycles. The van der Waals surface area contributed by atoms with Crippen molar-refractivity contribution in [2.45, 2.75) is 84.8 Å². The first kappa shape index (κ1) is 33.2. The van der Waals surface area contributed by atoms with Crippen LogP contribution in [0.5, 0.6) is 0 Å². The molecule has 1 aromatic heterocycles. The average Bonchev–Trinajstić information content (AvgIpc) is 3.70. The van der Waals surface area contributed by atoms with E-state index >= 15 is 0 Å². The van der Waals surface area contributed by atoms with Gasteiger partial charge in [0.1, 0.15) is 11.6 Å². The lowest BCUT2D eigenvalue weighted by molar-refractivity contribution is -0.137. The Kier molecular flexibility index (Phi) is 11.1. The smallest absolute Gasteiger partial charge is 0.325 e. The number of carbonyl (C=O) groups excluding carboxylic acids is 1. The molecule has 0 unspecified atom stereocenters. The van der Waals surface area contributed by atoms with Crippen LogP contribution in [0, 0.1) is 0 Å². The van der Waals surface area contributed by atoms with Gasteiger partial charge in [-0.2, -0.15) is 0 Å². The maximum absolute atomic E-state index is 13.5. The minimum Gasteiger partial charge on any atom is -0.480 e. The van der Waals surface area contributed by atoms with E-state index in [0.29, 0.717) is 23.5 Å². The standard InChI is InChI=1S/C38H46N4O3S/c1-5-9-29(10-6-2)30-17-19-33(20-18-30)42(27(3)4)23-28-13-15-31(16-14-28)34-26-46-36(39-34)24-40(25-37(43)44)38(45)41-22-21-32-11-7-8-12-35(32)41/h7-8,11-20,26-27,29H,5-6,9-10,21-25H2,1-4H3,(H,43,44). The van der Waals surface area contributed by atoms with Gasteiger partial charge in [-0.1, -0.05) is 81.3 Å². The summed E-state index contributed by atoms with van der Waals surface area (Å²) in [5, 5.41) is 12.2. The van der Waals surface area contributed by atoms with Gasteiger partial charge in [-0.05, 0) is 73.9 Å². The predicted octanol–water partition coefficient (Wildman–Crippen LogP) is 8.98. The van der Waals surface area contributed by atoms with Crippen LogP contribution in [0.4, 0.5) is 16.2 Å². The summed E-state index contributed by atoms with van der Waals surface area (Å²) in [5.41, 5.74) is 7.67. The fourth-order valence-corrected chi connectivity index (χ4v) is 7.22. The number of carbonyl (C=O) groups is 2. The highest BCUT2D eigenvalue weighted by Crippen LogP contribution is 2.31. The normalized spacial score (nSPS) is 12.5. The van der Waals surface area contributed by atoms with E-state index in [1.807, 2.05) is 29.6 Å². The first-order valence-corrected chi connectivity index (χ1v) is 17.4. The Morgan fingerprint density at radius 3 is 2.28 bits per heavy atom. The summed E-state index contributed by atoms with van der Waals surface area (Å²) < 4.78 is 0. The number of thiazole rings is 1. The van der Waals surface area contributed by atoms with Crippen LogP contribution in [0.1, 0.15) is 81.0 Å². The largest absolute Gasteiger partial charge is 0.480 e. The van der Waals surface area contributed by atoms with E-state index in [-0.39, 0.29) is 19.1 Å². The number of fused-ring (bicyclic) bond motifs is 1. The van der Waals surface area contributed by atoms with Crippen molar-refractivity contribution >= 4 is 34.7 Å². The molecular formula is C38H46N4O3S. The molecule has 8 heteroatoms. The van der Waals surface area contributed by atoms with E-state index in [2.05, 4.69) is 81.1 Å². The van der Waals surface area contributed by atoms with Crippen LogP contribution in [0.2, 0.25) is 0 Å². The quantitative estimate of drug-likeness (QED) is 0.149. The Balaban J connectivity index is 1.25. The number of aliphatic carboxylic acids is 1. The molecule has 0 bridgehead atoms. The lowest BCUT2D eigenvalue weighted by Gasteiger charge is -2.30. The van der Waals surface area contributed by atoms with Crippen LogP contribution in [-0.4, -0.2) is 46.1 Å². The second kappa shape index (κ2) is 15.4. The number of para-hydroxylation sites is 1. The summed E-state index contributed by atoms with van der Waals surface area (Å²) in [6, 6.07) is 25.5. The van der Waals surface area contributed by atoms with Crippen molar-refractivity contribution in [2.24, 2.45) is 0 Å². The number of anilines is 2. The number of hydrogen-bond acceptors (Lipinski definition) is 5. The molecule has 0 saturated heterocycles. The zero-order valence-corrected chi connectivity index (χ0v) is 28.3. The monoisotopic (exact) mass is 638 g/mol. The number of urea groups is 1. The van der Waals surface area contributed by atoms with Crippen LogP contribution >= 0.6 is 11.3 Å². The number of nitrogens with zero attached hydrogens (tertiary/aromatic N) is 4. The third-order valence-corrected chi connectivity index (χ3v) is 9.62. The lowest BCUT2D eigenvalue weighted by Crippen LogP contribution is -2.44. The summed E-state index contributed by atoms with van der Waals surface area (Å²) in [6.45, 7) is 10.1. The van der Waals surface area contributed by atoms with Gasteiger partial charge in [0.15, 0.2) is 0 Å². The summed E-state index contributed by atoms with van der Waals surface area (Å²) in [6.07, 6.45) is 5.65. The molecule has 1 aliphatic rings. The summed E-state index contributed by atoms with van der Waals surface area (Å²) in [5.74, 6) is -0.407. The summed E-state index contributed by atoms with van der Waals surface area (Å²) in [4.78, 5) is 35.4. The number of aromatic nitrogens is 1. The van der Waals surface area contributed by atoms with Crippen LogP contribution in [-0.2, 0) is 24.3 Å². The second-order valence-electron chi connectivity index (χ2n) is 12.5. The van der Waals surface area contributed by atoms with Crippen LogP contribution in [0.15, 0.2) is 78.2 Å². The first-order chi connectivity index (χ1) is 22.3. The highest BCUT2D eigenvalue weighted by atomic mass is 32.1. The maximum Gasteiger partial charge on any atom is 0.325 e. The number of carboxylic acids is 1. The minimum absolute atomic E-state index is 0.145. The third kappa shape index (κ3) is 7.97. The Morgan fingerprint density at radius 1 is 0.935 bits per heavy atom. The molecule has 0 aliphatic carbocycles. The summed E-state index contributed by atoms with van der Waals surface area (Å²) in [7, 11) is 0. The van der Waals surface area contributed by atoms with Gasteiger partial charge in [-0.15, -0.1) is 11.3 Å². The SMILES string of the molecule is CCCC(CCC)c1ccc(N(Cc2ccc(-c3csc(CN(CC(=O)O)C(=O)N4CCc5ccccc54)n3)cc2)C(C)C)cc1. The molecule has 0 atom stereocenters. The van der Waals surface area contributed by atoms with Crippen LogP contribution in [0.3, 0.4) is 0 Å². The molecule has 4 aromatic rings. The van der Waals surface area contributed by atoms with E-state index < -0.39 is 5.97 Å². The predicted molar refractivity (Wildman–Crippen MR) is 189 cm³/mol. The first-order valence-electron chi connectivity index (χ1n) is 16.5. The minimum atomic E-state index is -1.04.